The molecule has 0 bridgehead atoms. The average Bonchev–Trinajstić information content (AvgIpc) is 3.44. The van der Waals surface area contributed by atoms with Crippen LogP contribution in [0.4, 0.5) is 34.0 Å². The number of H-pyrrole nitrogens is 1. The Labute approximate surface area is 191 Å². The first kappa shape index (κ1) is 23.7. The van der Waals surface area contributed by atoms with E-state index in [1.165, 1.54) is 23.0 Å². The maximum absolute atomic E-state index is 14.4. The summed E-state index contributed by atoms with van der Waals surface area (Å²) in [6.07, 6.45) is -4.20. The Morgan fingerprint density at radius 2 is 2.12 bits per heavy atom. The fraction of sp³-hybridized carbons (Fsp3) is 0.500. The maximum Gasteiger partial charge on any atom is 0.522 e. The van der Waals surface area contributed by atoms with Gasteiger partial charge in [-0.2, -0.15) is 10.2 Å². The van der Waals surface area contributed by atoms with Crippen molar-refractivity contribution >= 4 is 23.2 Å². The number of alkyl halides is 4. The van der Waals surface area contributed by atoms with E-state index in [9.17, 15) is 22.4 Å². The van der Waals surface area contributed by atoms with Crippen LogP contribution < -0.4 is 10.6 Å². The normalized spacial score (nSPS) is 20.7. The fourth-order valence-electron chi connectivity index (χ4n) is 3.76. The van der Waals surface area contributed by atoms with Crippen molar-refractivity contribution in [2.45, 2.75) is 63.9 Å². The van der Waals surface area contributed by atoms with E-state index in [4.69, 9.17) is 4.74 Å². The predicted molar refractivity (Wildman–Crippen MR) is 111 cm³/mol. The van der Waals surface area contributed by atoms with Crippen molar-refractivity contribution in [1.82, 2.24) is 30.1 Å². The minimum Gasteiger partial charge on any atom is -0.443 e. The van der Waals surface area contributed by atoms with Crippen LogP contribution in [-0.4, -0.2) is 55.6 Å². The molecule has 1 saturated carbocycles. The molecule has 10 nitrogen and oxygen atoms in total. The number of carbonyl (C=O) groups is 1. The van der Waals surface area contributed by atoms with Crippen molar-refractivity contribution in [2.75, 3.05) is 5.32 Å². The number of anilines is 2. The van der Waals surface area contributed by atoms with Gasteiger partial charge in [-0.1, -0.05) is 0 Å². The molecule has 3 heterocycles. The molecule has 0 unspecified atom stereocenters. The molecule has 3 aromatic heterocycles. The number of amides is 1. The van der Waals surface area contributed by atoms with Gasteiger partial charge in [-0.25, -0.2) is 18.7 Å². The van der Waals surface area contributed by atoms with E-state index in [2.05, 4.69) is 35.7 Å². The number of ether oxygens (including phenoxy) is 2. The van der Waals surface area contributed by atoms with E-state index in [1.54, 1.807) is 19.9 Å². The van der Waals surface area contributed by atoms with Crippen molar-refractivity contribution in [3.63, 3.8) is 0 Å². The van der Waals surface area contributed by atoms with Crippen molar-refractivity contribution in [2.24, 2.45) is 0 Å². The van der Waals surface area contributed by atoms with E-state index in [-0.39, 0.29) is 24.1 Å². The van der Waals surface area contributed by atoms with Crippen LogP contribution in [0.1, 0.15) is 44.0 Å². The molecule has 1 amide bonds. The van der Waals surface area contributed by atoms with Gasteiger partial charge < -0.3 is 15.4 Å². The summed E-state index contributed by atoms with van der Waals surface area (Å²) in [5.74, 6) is 0.453. The van der Waals surface area contributed by atoms with Gasteiger partial charge in [-0.05, 0) is 32.8 Å². The largest absolute Gasteiger partial charge is 0.522 e. The number of aromatic amines is 1. The lowest BCUT2D eigenvalue weighted by atomic mass is 10.0. The van der Waals surface area contributed by atoms with Gasteiger partial charge in [0.15, 0.2) is 11.6 Å². The molecule has 0 radical (unpaired) electrons. The topological polar surface area (TPSA) is 118 Å². The molecule has 0 saturated heterocycles. The zero-order valence-corrected chi connectivity index (χ0v) is 18.3. The summed E-state index contributed by atoms with van der Waals surface area (Å²) >= 11 is 0. The third-order valence-electron chi connectivity index (χ3n) is 5.20. The second-order valence-electron chi connectivity index (χ2n) is 8.24. The lowest BCUT2D eigenvalue weighted by Gasteiger charge is -2.16. The molecule has 1 aliphatic rings. The predicted octanol–water partition coefficient (Wildman–Crippen LogP) is 3.95. The highest BCUT2D eigenvalue weighted by Crippen LogP contribution is 2.38. The molecular weight excluding hydrogens is 462 g/mol. The maximum atomic E-state index is 14.4. The summed E-state index contributed by atoms with van der Waals surface area (Å²) in [6.45, 7) is 2.82. The van der Waals surface area contributed by atoms with E-state index >= 15 is 0 Å². The number of halogens is 4. The molecule has 4 rings (SSSR count). The average molecular weight is 485 g/mol. The van der Waals surface area contributed by atoms with Gasteiger partial charge in [-0.3, -0.25) is 9.84 Å². The summed E-state index contributed by atoms with van der Waals surface area (Å²) in [7, 11) is 0. The van der Waals surface area contributed by atoms with Crippen LogP contribution in [0, 0.1) is 0 Å². The fourth-order valence-corrected chi connectivity index (χ4v) is 3.76. The van der Waals surface area contributed by atoms with Gasteiger partial charge in [0.25, 0.3) is 0 Å². The number of fused-ring (bicyclic) bond motifs is 1. The standard InChI is InChI=1S/C20H23F4N7O3/c1-10(2)26-19(32)34-16-6-11(5-13(16)21)14-8-17(29-28-14)27-18-15-7-12(9-33-20(22,23)24)30-31(15)4-3-25-18/h3-4,7-8,10-11,13,16H,5-6,9H2,1-2H3,(H,26,32)(H2,25,27,28,29)/t11-,13+,16-/m0/s1. The van der Waals surface area contributed by atoms with Gasteiger partial charge in [0.2, 0.25) is 0 Å². The van der Waals surface area contributed by atoms with Crippen LogP contribution >= 0.6 is 0 Å². The van der Waals surface area contributed by atoms with E-state index < -0.39 is 31.3 Å². The highest BCUT2D eigenvalue weighted by molar-refractivity contribution is 5.72. The summed E-state index contributed by atoms with van der Waals surface area (Å²) in [4.78, 5) is 16.0. The smallest absolute Gasteiger partial charge is 0.443 e. The molecule has 34 heavy (non-hydrogen) atoms. The number of hydrogen-bond donors (Lipinski definition) is 3. The third-order valence-corrected chi connectivity index (χ3v) is 5.20. The Bertz CT molecular complexity index is 1150. The van der Waals surface area contributed by atoms with Crippen molar-refractivity contribution in [3.05, 3.63) is 35.9 Å². The molecular formula is C20H23F4N7O3. The zero-order valence-electron chi connectivity index (χ0n) is 18.3. The molecule has 1 fully saturated rings. The Balaban J connectivity index is 1.42. The summed E-state index contributed by atoms with van der Waals surface area (Å²) < 4.78 is 61.8. The van der Waals surface area contributed by atoms with Crippen LogP contribution in [0.15, 0.2) is 24.5 Å². The van der Waals surface area contributed by atoms with E-state index in [0.29, 0.717) is 29.3 Å². The second kappa shape index (κ2) is 9.44. The lowest BCUT2D eigenvalue weighted by Crippen LogP contribution is -2.35. The van der Waals surface area contributed by atoms with Crippen LogP contribution in [-0.2, 0) is 16.1 Å². The number of carbonyl (C=O) groups excluding carboxylic acids is 1. The number of hydrogen-bond acceptors (Lipinski definition) is 7. The number of nitrogens with zero attached hydrogens (tertiary/aromatic N) is 4. The monoisotopic (exact) mass is 485 g/mol. The van der Waals surface area contributed by atoms with Crippen molar-refractivity contribution < 1.29 is 31.8 Å². The SMILES string of the molecule is CC(C)NC(=O)O[C@H]1C[C@@H](c2cc(Nc3nccn4nc(COC(F)(F)F)cc34)n[nH]2)C[C@H]1F. The van der Waals surface area contributed by atoms with Crippen molar-refractivity contribution in [1.29, 1.82) is 0 Å². The van der Waals surface area contributed by atoms with Gasteiger partial charge in [0, 0.05) is 36.1 Å². The summed E-state index contributed by atoms with van der Waals surface area (Å²) in [6, 6.07) is 2.98. The van der Waals surface area contributed by atoms with Crippen molar-refractivity contribution in [3.8, 4) is 0 Å². The van der Waals surface area contributed by atoms with Gasteiger partial charge >= 0.3 is 12.5 Å². The zero-order chi connectivity index (χ0) is 24.5. The minimum atomic E-state index is -4.76. The van der Waals surface area contributed by atoms with E-state index in [1.807, 2.05) is 0 Å². The molecule has 0 aromatic carbocycles. The third kappa shape index (κ3) is 5.73. The van der Waals surface area contributed by atoms with Crippen LogP contribution in [0.3, 0.4) is 0 Å². The lowest BCUT2D eigenvalue weighted by molar-refractivity contribution is -0.330. The summed E-state index contributed by atoms with van der Waals surface area (Å²) in [5.41, 5.74) is 1.14. The quantitative estimate of drug-likeness (QED) is 0.434. The van der Waals surface area contributed by atoms with E-state index in [0.717, 1.165) is 0 Å². The molecule has 14 heteroatoms. The van der Waals surface area contributed by atoms with Gasteiger partial charge in [0.05, 0.1) is 5.69 Å². The number of nitrogens with one attached hydrogen (secondary N) is 3. The minimum absolute atomic E-state index is 0.0728. The Hall–Kier alpha value is -3.42. The van der Waals surface area contributed by atoms with Crippen LogP contribution in [0.5, 0.6) is 0 Å². The molecule has 3 atom stereocenters. The van der Waals surface area contributed by atoms with Crippen LogP contribution in [0.25, 0.3) is 5.52 Å². The Kier molecular flexibility index (Phi) is 6.59. The molecule has 3 N–H and O–H groups in total. The number of alkyl carbamates (subject to hydrolysis) is 1. The molecule has 0 spiro atoms. The second-order valence-corrected chi connectivity index (χ2v) is 8.24. The van der Waals surface area contributed by atoms with Crippen LogP contribution in [0.2, 0.25) is 0 Å². The first-order valence-electron chi connectivity index (χ1n) is 10.5. The van der Waals surface area contributed by atoms with Gasteiger partial charge in [0.1, 0.15) is 24.4 Å². The highest BCUT2D eigenvalue weighted by atomic mass is 19.4. The first-order valence-corrected chi connectivity index (χ1v) is 10.5. The number of rotatable bonds is 7. The summed E-state index contributed by atoms with van der Waals surface area (Å²) in [5, 5.41) is 16.6. The Morgan fingerprint density at radius 3 is 2.85 bits per heavy atom. The molecule has 1 aliphatic carbocycles. The molecule has 3 aromatic rings. The Morgan fingerprint density at radius 1 is 1.32 bits per heavy atom. The van der Waals surface area contributed by atoms with Gasteiger partial charge in [-0.15, -0.1) is 13.2 Å². The highest BCUT2D eigenvalue weighted by Gasteiger charge is 2.39. The molecule has 0 aliphatic heterocycles. The number of aromatic nitrogens is 5. The first-order chi connectivity index (χ1) is 16.1. The molecule has 184 valence electrons.